The van der Waals surface area contributed by atoms with Gasteiger partial charge < -0.3 is 5.73 Å². The van der Waals surface area contributed by atoms with Crippen LogP contribution in [-0.2, 0) is 0 Å². The van der Waals surface area contributed by atoms with Gasteiger partial charge in [0.25, 0.3) is 0 Å². The Hall–Kier alpha value is -1.91. The lowest BCUT2D eigenvalue weighted by molar-refractivity contribution is 0.776. The van der Waals surface area contributed by atoms with Crippen LogP contribution < -0.4 is 5.73 Å². The summed E-state index contributed by atoms with van der Waals surface area (Å²) in [7, 11) is 0. The smallest absolute Gasteiger partial charge is 0.162 e. The zero-order valence-corrected chi connectivity index (χ0v) is 9.68. The van der Waals surface area contributed by atoms with E-state index in [0.717, 1.165) is 16.9 Å². The van der Waals surface area contributed by atoms with Crippen molar-refractivity contribution in [1.29, 1.82) is 0 Å². The standard InChI is InChI=1S/C11H15N5/c1-7(2)9-10(12)13-6-14-11(9)16-5-8(3)4-15-16/h4-7H,1-3H3,(H2,12,13,14). The van der Waals surface area contributed by atoms with Crippen LogP contribution in [0.25, 0.3) is 5.82 Å². The molecule has 0 aliphatic carbocycles. The van der Waals surface area contributed by atoms with Crippen molar-refractivity contribution in [3.05, 3.63) is 29.8 Å². The Morgan fingerprint density at radius 1 is 1.31 bits per heavy atom. The van der Waals surface area contributed by atoms with Crippen LogP contribution in [0.5, 0.6) is 0 Å². The van der Waals surface area contributed by atoms with Gasteiger partial charge in [-0.25, -0.2) is 14.6 Å². The molecule has 0 saturated carbocycles. The minimum Gasteiger partial charge on any atom is -0.383 e. The normalized spacial score (nSPS) is 11.0. The topological polar surface area (TPSA) is 69.6 Å². The van der Waals surface area contributed by atoms with Gasteiger partial charge in [-0.15, -0.1) is 0 Å². The Balaban J connectivity index is 2.60. The highest BCUT2D eigenvalue weighted by Gasteiger charge is 2.14. The van der Waals surface area contributed by atoms with Crippen LogP contribution in [0.4, 0.5) is 5.82 Å². The van der Waals surface area contributed by atoms with E-state index in [4.69, 9.17) is 5.73 Å². The molecule has 0 fully saturated rings. The first-order valence-corrected chi connectivity index (χ1v) is 5.21. The molecule has 0 aliphatic rings. The third kappa shape index (κ3) is 1.76. The molecule has 0 aromatic carbocycles. The molecule has 16 heavy (non-hydrogen) atoms. The van der Waals surface area contributed by atoms with Crippen molar-refractivity contribution in [2.24, 2.45) is 0 Å². The van der Waals surface area contributed by atoms with Crippen molar-refractivity contribution in [2.45, 2.75) is 26.7 Å². The maximum Gasteiger partial charge on any atom is 0.162 e. The highest BCUT2D eigenvalue weighted by molar-refractivity contribution is 5.50. The van der Waals surface area contributed by atoms with E-state index in [-0.39, 0.29) is 5.92 Å². The van der Waals surface area contributed by atoms with Gasteiger partial charge in [-0.1, -0.05) is 13.8 Å². The summed E-state index contributed by atoms with van der Waals surface area (Å²) in [6.45, 7) is 6.12. The lowest BCUT2D eigenvalue weighted by Gasteiger charge is -2.12. The van der Waals surface area contributed by atoms with E-state index < -0.39 is 0 Å². The summed E-state index contributed by atoms with van der Waals surface area (Å²) in [5.74, 6) is 1.55. The molecule has 0 unspecified atom stereocenters. The van der Waals surface area contributed by atoms with E-state index in [1.54, 1.807) is 10.9 Å². The summed E-state index contributed by atoms with van der Waals surface area (Å²) >= 11 is 0. The molecule has 5 heteroatoms. The van der Waals surface area contributed by atoms with Gasteiger partial charge in [-0.05, 0) is 18.4 Å². The number of aryl methyl sites for hydroxylation is 1. The maximum atomic E-state index is 5.87. The van der Waals surface area contributed by atoms with Gasteiger partial charge in [0.05, 0.1) is 6.20 Å². The molecule has 0 radical (unpaired) electrons. The van der Waals surface area contributed by atoms with Crippen LogP contribution in [0.3, 0.4) is 0 Å². The predicted molar refractivity (Wildman–Crippen MR) is 62.4 cm³/mol. The Labute approximate surface area is 94.3 Å². The summed E-state index contributed by atoms with van der Waals surface area (Å²) in [5, 5.41) is 4.24. The molecule has 2 heterocycles. The van der Waals surface area contributed by atoms with Crippen LogP contribution in [0.1, 0.15) is 30.9 Å². The molecule has 84 valence electrons. The largest absolute Gasteiger partial charge is 0.383 e. The van der Waals surface area contributed by atoms with Crippen molar-refractivity contribution in [3.63, 3.8) is 0 Å². The molecule has 0 atom stereocenters. The zero-order valence-electron chi connectivity index (χ0n) is 9.68. The van der Waals surface area contributed by atoms with E-state index >= 15 is 0 Å². The first-order chi connectivity index (χ1) is 7.59. The van der Waals surface area contributed by atoms with Crippen molar-refractivity contribution >= 4 is 5.82 Å². The van der Waals surface area contributed by atoms with Crippen LogP contribution in [0, 0.1) is 6.92 Å². The monoisotopic (exact) mass is 217 g/mol. The molecule has 2 aromatic rings. The van der Waals surface area contributed by atoms with Gasteiger partial charge >= 0.3 is 0 Å². The summed E-state index contributed by atoms with van der Waals surface area (Å²) < 4.78 is 1.74. The van der Waals surface area contributed by atoms with Gasteiger partial charge in [0.2, 0.25) is 0 Å². The van der Waals surface area contributed by atoms with Crippen molar-refractivity contribution < 1.29 is 0 Å². The van der Waals surface area contributed by atoms with Gasteiger partial charge in [0, 0.05) is 11.8 Å². The molecule has 0 aliphatic heterocycles. The van der Waals surface area contributed by atoms with Gasteiger partial charge in [0.15, 0.2) is 5.82 Å². The second-order valence-electron chi connectivity index (χ2n) is 4.11. The van der Waals surface area contributed by atoms with E-state index in [1.807, 2.05) is 13.1 Å². The summed E-state index contributed by atoms with van der Waals surface area (Å²) in [6.07, 6.45) is 5.18. The molecule has 5 nitrogen and oxygen atoms in total. The summed E-state index contributed by atoms with van der Waals surface area (Å²) in [4.78, 5) is 8.27. The van der Waals surface area contributed by atoms with Crippen molar-refractivity contribution in [1.82, 2.24) is 19.7 Å². The Bertz CT molecular complexity index is 501. The fraction of sp³-hybridized carbons (Fsp3) is 0.364. The van der Waals surface area contributed by atoms with Crippen LogP contribution in [0.2, 0.25) is 0 Å². The number of aromatic nitrogens is 4. The number of hydrogen-bond donors (Lipinski definition) is 1. The van der Waals surface area contributed by atoms with E-state index in [2.05, 4.69) is 28.9 Å². The number of anilines is 1. The maximum absolute atomic E-state index is 5.87. The molecule has 0 saturated heterocycles. The van der Waals surface area contributed by atoms with Crippen molar-refractivity contribution in [3.8, 4) is 5.82 Å². The third-order valence-corrected chi connectivity index (χ3v) is 2.40. The van der Waals surface area contributed by atoms with E-state index in [9.17, 15) is 0 Å². The van der Waals surface area contributed by atoms with Gasteiger partial charge in [0.1, 0.15) is 12.1 Å². The fourth-order valence-corrected chi connectivity index (χ4v) is 1.66. The average molecular weight is 217 g/mol. The van der Waals surface area contributed by atoms with Crippen molar-refractivity contribution in [2.75, 3.05) is 5.73 Å². The number of rotatable bonds is 2. The predicted octanol–water partition coefficient (Wildman–Crippen LogP) is 1.68. The highest BCUT2D eigenvalue weighted by Crippen LogP contribution is 2.24. The molecule has 2 N–H and O–H groups in total. The number of nitrogens with two attached hydrogens (primary N) is 1. The lowest BCUT2D eigenvalue weighted by atomic mass is 10.1. The SMILES string of the molecule is Cc1cnn(-c2ncnc(N)c2C(C)C)c1. The van der Waals surface area contributed by atoms with Crippen LogP contribution in [0.15, 0.2) is 18.7 Å². The number of nitrogens with zero attached hydrogens (tertiary/aromatic N) is 4. The molecule has 0 spiro atoms. The second-order valence-corrected chi connectivity index (χ2v) is 4.11. The molecular formula is C11H15N5. The lowest BCUT2D eigenvalue weighted by Crippen LogP contribution is -2.09. The number of hydrogen-bond acceptors (Lipinski definition) is 4. The molecular weight excluding hydrogens is 202 g/mol. The summed E-state index contributed by atoms with van der Waals surface area (Å²) in [5.41, 5.74) is 7.90. The zero-order chi connectivity index (χ0) is 11.7. The molecule has 2 rings (SSSR count). The van der Waals surface area contributed by atoms with Crippen LogP contribution >= 0.6 is 0 Å². The average Bonchev–Trinajstić information content (AvgIpc) is 2.63. The quantitative estimate of drug-likeness (QED) is 0.830. The summed E-state index contributed by atoms with van der Waals surface area (Å²) in [6, 6.07) is 0. The Morgan fingerprint density at radius 2 is 2.06 bits per heavy atom. The second kappa shape index (κ2) is 3.92. The van der Waals surface area contributed by atoms with Crippen LogP contribution in [-0.4, -0.2) is 19.7 Å². The minimum atomic E-state index is 0.265. The van der Waals surface area contributed by atoms with E-state index in [1.165, 1.54) is 6.33 Å². The first kappa shape index (κ1) is 10.6. The van der Waals surface area contributed by atoms with Gasteiger partial charge in [-0.2, -0.15) is 5.10 Å². The third-order valence-electron chi connectivity index (χ3n) is 2.40. The Morgan fingerprint density at radius 3 is 2.62 bits per heavy atom. The fourth-order valence-electron chi connectivity index (χ4n) is 1.66. The molecule has 2 aromatic heterocycles. The van der Waals surface area contributed by atoms with Gasteiger partial charge in [-0.3, -0.25) is 0 Å². The molecule has 0 amide bonds. The highest BCUT2D eigenvalue weighted by atomic mass is 15.3. The first-order valence-electron chi connectivity index (χ1n) is 5.21. The van der Waals surface area contributed by atoms with E-state index in [0.29, 0.717) is 5.82 Å². The number of nitrogen functional groups attached to an aromatic ring is 1. The Kier molecular flexibility index (Phi) is 2.60. The molecule has 0 bridgehead atoms. The minimum absolute atomic E-state index is 0.265.